The number of hydrogen-bond donors (Lipinski definition) is 9. The van der Waals surface area contributed by atoms with Gasteiger partial charge in [-0.2, -0.15) is 0 Å². The van der Waals surface area contributed by atoms with Crippen LogP contribution in [0.3, 0.4) is 0 Å². The van der Waals surface area contributed by atoms with E-state index >= 15 is 0 Å². The molecule has 0 amide bonds. The van der Waals surface area contributed by atoms with Crippen molar-refractivity contribution in [2.45, 2.75) is 55.3 Å². The first-order valence-electron chi connectivity index (χ1n) is 12.4. The monoisotopic (exact) mass is 580 g/mol. The van der Waals surface area contributed by atoms with Crippen molar-refractivity contribution in [3.63, 3.8) is 0 Å². The lowest BCUT2D eigenvalue weighted by atomic mass is 9.99. The summed E-state index contributed by atoms with van der Waals surface area (Å²) in [6, 6.07) is 7.51. The van der Waals surface area contributed by atoms with Gasteiger partial charge in [-0.1, -0.05) is 0 Å². The normalized spacial score (nSPS) is 32.1. The number of aliphatic hydroxyl groups is 7. The maximum Gasteiger partial charge on any atom is 0.239 e. The van der Waals surface area contributed by atoms with Gasteiger partial charge in [-0.3, -0.25) is 4.79 Å². The minimum atomic E-state index is -1.76. The maximum atomic E-state index is 13.6. The number of rotatable bonds is 6. The fourth-order valence-corrected chi connectivity index (χ4v) is 4.53. The highest BCUT2D eigenvalue weighted by Gasteiger charge is 2.45. The standard InChI is InChI=1S/C26H28O15/c27-7-15-18(32)20(34)22(36)26(40-15)38-11-5-12(29)16-14(6-11)39-23(9-1-3-10(28)4-2-9)24(19(16)33)41-25-21(35)17(31)13(30)8-37-25/h1-6,13,15,17-18,20-22,25-32,34-36H,7-8H2. The van der Waals surface area contributed by atoms with Gasteiger partial charge in [-0.15, -0.1) is 0 Å². The predicted octanol–water partition coefficient (Wildman–Crippen LogP) is -2.13. The van der Waals surface area contributed by atoms with Crippen LogP contribution < -0.4 is 14.9 Å². The van der Waals surface area contributed by atoms with Gasteiger partial charge in [0.1, 0.15) is 70.9 Å². The Hall–Kier alpha value is -3.51. The van der Waals surface area contributed by atoms with Gasteiger partial charge in [0.25, 0.3) is 0 Å². The molecule has 2 aliphatic rings. The van der Waals surface area contributed by atoms with Crippen LogP contribution in [0.25, 0.3) is 22.3 Å². The molecular weight excluding hydrogens is 552 g/mol. The van der Waals surface area contributed by atoms with Gasteiger partial charge in [0.15, 0.2) is 5.76 Å². The van der Waals surface area contributed by atoms with Crippen molar-refractivity contribution in [2.75, 3.05) is 13.2 Å². The second-order valence-corrected chi connectivity index (χ2v) is 9.64. The molecule has 2 saturated heterocycles. The lowest BCUT2D eigenvalue weighted by Crippen LogP contribution is -2.60. The van der Waals surface area contributed by atoms with E-state index in [0.29, 0.717) is 0 Å². The Balaban J connectivity index is 1.57. The first-order chi connectivity index (χ1) is 19.5. The molecule has 15 heteroatoms. The lowest BCUT2D eigenvalue weighted by Gasteiger charge is -2.39. The van der Waals surface area contributed by atoms with Crippen molar-refractivity contribution in [1.29, 1.82) is 0 Å². The number of hydrogen-bond acceptors (Lipinski definition) is 15. The summed E-state index contributed by atoms with van der Waals surface area (Å²) in [7, 11) is 0. The van der Waals surface area contributed by atoms with Gasteiger partial charge in [0.05, 0.1) is 13.2 Å². The summed E-state index contributed by atoms with van der Waals surface area (Å²) in [5.41, 5.74) is -0.962. The molecule has 41 heavy (non-hydrogen) atoms. The SMILES string of the molecule is O=c1c(OC2OCC(O)C(O)C2O)c(-c2ccc(O)cc2)oc2cc(OC3OC(CO)C(O)C(O)C3O)cc(O)c12. The molecule has 0 radical (unpaired) electrons. The molecule has 9 N–H and O–H groups in total. The Morgan fingerprint density at radius 3 is 2.20 bits per heavy atom. The number of aliphatic hydroxyl groups excluding tert-OH is 7. The van der Waals surface area contributed by atoms with E-state index in [0.717, 1.165) is 12.1 Å². The highest BCUT2D eigenvalue weighted by molar-refractivity contribution is 5.88. The molecule has 2 fully saturated rings. The van der Waals surface area contributed by atoms with Crippen molar-refractivity contribution in [3.8, 4) is 34.3 Å². The van der Waals surface area contributed by atoms with E-state index in [1.807, 2.05) is 0 Å². The number of phenols is 2. The first-order valence-corrected chi connectivity index (χ1v) is 12.4. The molecule has 2 aliphatic heterocycles. The fourth-order valence-electron chi connectivity index (χ4n) is 4.53. The third-order valence-electron chi connectivity index (χ3n) is 6.82. The Morgan fingerprint density at radius 2 is 1.51 bits per heavy atom. The number of benzene rings is 2. The van der Waals surface area contributed by atoms with Crippen molar-refractivity contribution < 1.29 is 69.3 Å². The van der Waals surface area contributed by atoms with E-state index < -0.39 is 90.8 Å². The van der Waals surface area contributed by atoms with E-state index in [-0.39, 0.29) is 28.4 Å². The Kier molecular flexibility index (Phi) is 8.06. The molecule has 5 rings (SSSR count). The Labute approximate surface area is 230 Å². The van der Waals surface area contributed by atoms with Gasteiger partial charge in [0, 0.05) is 17.7 Å². The molecule has 0 spiro atoms. The molecule has 1 aromatic heterocycles. The van der Waals surface area contributed by atoms with E-state index in [1.54, 1.807) is 0 Å². The number of phenolic OH excluding ortho intramolecular Hbond substituents is 2. The van der Waals surface area contributed by atoms with Crippen LogP contribution in [0.5, 0.6) is 23.0 Å². The van der Waals surface area contributed by atoms with Gasteiger partial charge in [-0.05, 0) is 24.3 Å². The van der Waals surface area contributed by atoms with E-state index in [9.17, 15) is 50.8 Å². The largest absolute Gasteiger partial charge is 0.508 e. The Bertz CT molecular complexity index is 1440. The second-order valence-electron chi connectivity index (χ2n) is 9.64. The van der Waals surface area contributed by atoms with E-state index in [2.05, 4.69) is 0 Å². The minimum Gasteiger partial charge on any atom is -0.508 e. The van der Waals surface area contributed by atoms with Crippen molar-refractivity contribution in [2.24, 2.45) is 0 Å². The smallest absolute Gasteiger partial charge is 0.239 e. The predicted molar refractivity (Wildman–Crippen MR) is 134 cm³/mol. The fraction of sp³-hybridized carbons (Fsp3) is 0.423. The third kappa shape index (κ3) is 5.42. The minimum absolute atomic E-state index is 0.102. The van der Waals surface area contributed by atoms with Gasteiger partial charge in [-0.25, -0.2) is 0 Å². The Morgan fingerprint density at radius 1 is 0.829 bits per heavy atom. The van der Waals surface area contributed by atoms with E-state index in [1.165, 1.54) is 24.3 Å². The number of ether oxygens (including phenoxy) is 4. The molecule has 15 nitrogen and oxygen atoms in total. The van der Waals surface area contributed by atoms with Crippen LogP contribution in [-0.2, 0) is 9.47 Å². The topological polar surface area (TPSA) is 249 Å². The molecule has 3 heterocycles. The zero-order valence-electron chi connectivity index (χ0n) is 21.0. The van der Waals surface area contributed by atoms with Crippen molar-refractivity contribution in [1.82, 2.24) is 0 Å². The van der Waals surface area contributed by atoms with Crippen molar-refractivity contribution in [3.05, 3.63) is 46.6 Å². The summed E-state index contributed by atoms with van der Waals surface area (Å²) in [4.78, 5) is 13.6. The number of aromatic hydroxyl groups is 2. The summed E-state index contributed by atoms with van der Waals surface area (Å²) in [5.74, 6) is -1.73. The lowest BCUT2D eigenvalue weighted by molar-refractivity contribution is -0.277. The summed E-state index contributed by atoms with van der Waals surface area (Å²) in [6.45, 7) is -1.11. The molecule has 3 aromatic rings. The summed E-state index contributed by atoms with van der Waals surface area (Å²) in [5, 5.41) is 89.9. The van der Waals surface area contributed by atoms with Gasteiger partial charge in [0.2, 0.25) is 23.8 Å². The zero-order valence-corrected chi connectivity index (χ0v) is 21.0. The highest BCUT2D eigenvalue weighted by atomic mass is 16.7. The molecule has 2 aromatic carbocycles. The number of fused-ring (bicyclic) bond motifs is 1. The van der Waals surface area contributed by atoms with Crippen LogP contribution >= 0.6 is 0 Å². The molecule has 9 atom stereocenters. The summed E-state index contributed by atoms with van der Waals surface area (Å²) >= 11 is 0. The van der Waals surface area contributed by atoms with Crippen LogP contribution in [0.15, 0.2) is 45.6 Å². The molecular formula is C26H28O15. The molecule has 9 unspecified atom stereocenters. The highest BCUT2D eigenvalue weighted by Crippen LogP contribution is 2.38. The average molecular weight is 580 g/mol. The van der Waals surface area contributed by atoms with Crippen LogP contribution in [-0.4, -0.2) is 114 Å². The third-order valence-corrected chi connectivity index (χ3v) is 6.82. The first kappa shape index (κ1) is 29.0. The summed E-state index contributed by atoms with van der Waals surface area (Å²) in [6.07, 6.45) is -14.4. The molecule has 222 valence electrons. The quantitative estimate of drug-likeness (QED) is 0.151. The van der Waals surface area contributed by atoms with Gasteiger partial charge < -0.3 is 69.3 Å². The molecule has 0 bridgehead atoms. The molecule has 0 aliphatic carbocycles. The second kappa shape index (κ2) is 11.4. The van der Waals surface area contributed by atoms with Crippen molar-refractivity contribution >= 4 is 11.0 Å². The summed E-state index contributed by atoms with van der Waals surface area (Å²) < 4.78 is 27.7. The van der Waals surface area contributed by atoms with Crippen LogP contribution in [0.1, 0.15) is 0 Å². The van der Waals surface area contributed by atoms with Crippen LogP contribution in [0, 0.1) is 0 Å². The average Bonchev–Trinajstić information content (AvgIpc) is 2.95. The maximum absolute atomic E-state index is 13.6. The van der Waals surface area contributed by atoms with Gasteiger partial charge >= 0.3 is 0 Å². The zero-order chi connectivity index (χ0) is 29.6. The van der Waals surface area contributed by atoms with E-state index in [4.69, 9.17) is 23.4 Å². The van der Waals surface area contributed by atoms with Crippen LogP contribution in [0.4, 0.5) is 0 Å². The molecule has 0 saturated carbocycles. The van der Waals surface area contributed by atoms with Crippen LogP contribution in [0.2, 0.25) is 0 Å².